The molecule has 0 atom stereocenters. The first kappa shape index (κ1) is 26.2. The minimum Gasteiger partial charge on any atom is -0.454 e. The fraction of sp³-hybridized carbons (Fsp3) is 0.560. The largest absolute Gasteiger partial charge is 0.454 e. The first-order chi connectivity index (χ1) is 16.5. The summed E-state index contributed by atoms with van der Waals surface area (Å²) in [5.74, 6) is -1.63. The lowest BCUT2D eigenvalue weighted by Gasteiger charge is -2.42. The Hall–Kier alpha value is -3.43. The van der Waals surface area contributed by atoms with Crippen molar-refractivity contribution in [2.75, 3.05) is 25.5 Å². The molecular weight excluding hydrogens is 452 g/mol. The van der Waals surface area contributed by atoms with E-state index in [1.54, 1.807) is 24.3 Å². The third-order valence-electron chi connectivity index (χ3n) is 7.41. The van der Waals surface area contributed by atoms with Gasteiger partial charge < -0.3 is 20.7 Å². The molecule has 1 aromatic rings. The van der Waals surface area contributed by atoms with E-state index in [4.69, 9.17) is 4.74 Å². The van der Waals surface area contributed by atoms with Gasteiger partial charge in [-0.1, -0.05) is 27.2 Å². The predicted molar refractivity (Wildman–Crippen MR) is 128 cm³/mol. The van der Waals surface area contributed by atoms with Gasteiger partial charge in [-0.25, -0.2) is 4.79 Å². The molecule has 0 bridgehead atoms. The summed E-state index contributed by atoms with van der Waals surface area (Å²) >= 11 is 0. The second-order valence-electron chi connectivity index (χ2n) is 9.89. The average Bonchev–Trinajstić information content (AvgIpc) is 3.06. The number of nitrogens with zero attached hydrogens (tertiary/aromatic N) is 1. The maximum Gasteiger partial charge on any atom is 0.326 e. The van der Waals surface area contributed by atoms with Gasteiger partial charge in [0.2, 0.25) is 0 Å². The van der Waals surface area contributed by atoms with Crippen LogP contribution in [-0.4, -0.2) is 60.4 Å². The molecule has 0 unspecified atom stereocenters. The monoisotopic (exact) mass is 486 g/mol. The van der Waals surface area contributed by atoms with E-state index in [2.05, 4.69) is 36.7 Å². The molecule has 0 aromatic heterocycles. The number of benzene rings is 1. The molecule has 10 nitrogen and oxygen atoms in total. The van der Waals surface area contributed by atoms with Crippen LogP contribution in [-0.2, 0) is 19.1 Å². The Kier molecular flexibility index (Phi) is 7.82. The topological polar surface area (TPSA) is 134 Å². The molecule has 1 aliphatic carbocycles. The van der Waals surface area contributed by atoms with Crippen molar-refractivity contribution in [1.82, 2.24) is 15.5 Å². The number of ether oxygens (including phenoxy) is 1. The molecule has 2 fully saturated rings. The normalized spacial score (nSPS) is 22.1. The van der Waals surface area contributed by atoms with E-state index in [0.717, 1.165) is 24.2 Å². The van der Waals surface area contributed by atoms with Crippen LogP contribution < -0.4 is 16.0 Å². The van der Waals surface area contributed by atoms with E-state index in [1.807, 2.05) is 0 Å². The number of urea groups is 1. The van der Waals surface area contributed by atoms with Crippen LogP contribution in [0.3, 0.4) is 0 Å². The zero-order chi connectivity index (χ0) is 25.8. The molecule has 1 spiro atoms. The summed E-state index contributed by atoms with van der Waals surface area (Å²) in [5.41, 5.74) is 0.0711. The lowest BCUT2D eigenvalue weighted by Crippen LogP contribution is -2.51. The molecule has 35 heavy (non-hydrogen) atoms. The number of esters is 1. The van der Waals surface area contributed by atoms with Gasteiger partial charge in [-0.3, -0.25) is 24.1 Å². The Bertz CT molecular complexity index is 996. The van der Waals surface area contributed by atoms with Gasteiger partial charge in [0, 0.05) is 18.3 Å². The van der Waals surface area contributed by atoms with Crippen LogP contribution in [0.15, 0.2) is 24.3 Å². The number of imide groups is 1. The number of carbonyl (C=O) groups is 5. The van der Waals surface area contributed by atoms with E-state index >= 15 is 0 Å². The minimum atomic E-state index is -0.962. The van der Waals surface area contributed by atoms with Gasteiger partial charge in [-0.05, 0) is 61.3 Å². The highest BCUT2D eigenvalue weighted by atomic mass is 16.5. The summed E-state index contributed by atoms with van der Waals surface area (Å²) in [6.07, 6.45) is 3.78. The standard InChI is InChI=1S/C25H34N4O6/c1-5-24(2,3)17-10-12-25(13-11-17)22(33)29(23(34)28-25)14-20(31)35-15-19(30)27-18-8-6-16(7-9-18)21(32)26-4/h6-9,17H,5,10-15H2,1-4H3,(H,26,32)(H,27,30)(H,28,34). The molecule has 2 aliphatic rings. The third kappa shape index (κ3) is 5.80. The zero-order valence-electron chi connectivity index (χ0n) is 20.7. The Morgan fingerprint density at radius 2 is 1.77 bits per heavy atom. The highest BCUT2D eigenvalue weighted by molar-refractivity contribution is 6.08. The second kappa shape index (κ2) is 10.5. The van der Waals surface area contributed by atoms with Gasteiger partial charge in [0.25, 0.3) is 17.7 Å². The summed E-state index contributed by atoms with van der Waals surface area (Å²) in [6, 6.07) is 5.58. The van der Waals surface area contributed by atoms with Gasteiger partial charge in [0.1, 0.15) is 12.1 Å². The Morgan fingerprint density at radius 1 is 1.14 bits per heavy atom. The van der Waals surface area contributed by atoms with Crippen molar-refractivity contribution in [3.8, 4) is 0 Å². The van der Waals surface area contributed by atoms with Gasteiger partial charge in [-0.2, -0.15) is 0 Å². The van der Waals surface area contributed by atoms with Crippen molar-refractivity contribution in [3.05, 3.63) is 29.8 Å². The van der Waals surface area contributed by atoms with Gasteiger partial charge in [0.05, 0.1) is 0 Å². The maximum atomic E-state index is 13.1. The highest BCUT2D eigenvalue weighted by Crippen LogP contribution is 2.45. The molecule has 0 radical (unpaired) electrons. The van der Waals surface area contributed by atoms with Crippen molar-refractivity contribution in [1.29, 1.82) is 0 Å². The van der Waals surface area contributed by atoms with Crippen molar-refractivity contribution < 1.29 is 28.7 Å². The molecule has 1 saturated carbocycles. The van der Waals surface area contributed by atoms with Crippen molar-refractivity contribution in [2.24, 2.45) is 11.3 Å². The van der Waals surface area contributed by atoms with E-state index in [9.17, 15) is 24.0 Å². The zero-order valence-corrected chi connectivity index (χ0v) is 20.7. The van der Waals surface area contributed by atoms with Crippen LogP contribution in [0.1, 0.15) is 63.2 Å². The summed E-state index contributed by atoms with van der Waals surface area (Å²) in [5, 5.41) is 7.85. The predicted octanol–water partition coefficient (Wildman–Crippen LogP) is 2.44. The highest BCUT2D eigenvalue weighted by Gasteiger charge is 2.53. The van der Waals surface area contributed by atoms with Crippen LogP contribution in [0.2, 0.25) is 0 Å². The number of rotatable bonds is 8. The minimum absolute atomic E-state index is 0.170. The third-order valence-corrected chi connectivity index (χ3v) is 7.41. The number of carbonyl (C=O) groups excluding carboxylic acids is 5. The summed E-state index contributed by atoms with van der Waals surface area (Å²) in [6.45, 7) is 5.48. The summed E-state index contributed by atoms with van der Waals surface area (Å²) in [4.78, 5) is 62.4. The fourth-order valence-corrected chi connectivity index (χ4v) is 4.71. The number of nitrogens with one attached hydrogen (secondary N) is 3. The fourth-order valence-electron chi connectivity index (χ4n) is 4.71. The van der Waals surface area contributed by atoms with Crippen LogP contribution >= 0.6 is 0 Å². The molecule has 1 heterocycles. The number of anilines is 1. The summed E-state index contributed by atoms with van der Waals surface area (Å²) in [7, 11) is 1.52. The van der Waals surface area contributed by atoms with Crippen LogP contribution in [0.25, 0.3) is 0 Å². The molecule has 1 aromatic carbocycles. The lowest BCUT2D eigenvalue weighted by atomic mass is 9.65. The average molecular weight is 487 g/mol. The van der Waals surface area contributed by atoms with Gasteiger partial charge in [-0.15, -0.1) is 0 Å². The smallest absolute Gasteiger partial charge is 0.326 e. The van der Waals surface area contributed by atoms with E-state index in [1.165, 1.54) is 7.05 Å². The van der Waals surface area contributed by atoms with E-state index in [-0.39, 0.29) is 11.3 Å². The lowest BCUT2D eigenvalue weighted by molar-refractivity contribution is -0.150. The van der Waals surface area contributed by atoms with Crippen molar-refractivity contribution in [2.45, 2.75) is 58.4 Å². The van der Waals surface area contributed by atoms with Crippen molar-refractivity contribution >= 4 is 35.4 Å². The number of amides is 5. The molecule has 190 valence electrons. The molecular formula is C25H34N4O6. The Morgan fingerprint density at radius 3 is 2.34 bits per heavy atom. The van der Waals surface area contributed by atoms with Gasteiger partial charge in [0.15, 0.2) is 6.61 Å². The van der Waals surface area contributed by atoms with E-state index < -0.39 is 42.5 Å². The molecule has 1 saturated heterocycles. The number of hydrogen-bond acceptors (Lipinski definition) is 6. The van der Waals surface area contributed by atoms with Crippen molar-refractivity contribution in [3.63, 3.8) is 0 Å². The van der Waals surface area contributed by atoms with Crippen LogP contribution in [0.4, 0.5) is 10.5 Å². The molecule has 3 N–H and O–H groups in total. The number of hydrogen-bond donors (Lipinski definition) is 3. The SMILES string of the molecule is CCC(C)(C)C1CCC2(CC1)NC(=O)N(CC(=O)OCC(=O)Nc1ccc(C(=O)NC)cc1)C2=O. The quantitative estimate of drug-likeness (QED) is 0.382. The van der Waals surface area contributed by atoms with E-state index in [0.29, 0.717) is 30.0 Å². The maximum absolute atomic E-state index is 13.1. The first-order valence-corrected chi connectivity index (χ1v) is 11.9. The first-order valence-electron chi connectivity index (χ1n) is 11.9. The molecule has 1 aliphatic heterocycles. The van der Waals surface area contributed by atoms with Crippen LogP contribution in [0, 0.1) is 11.3 Å². The Labute approximate surface area is 205 Å². The molecule has 10 heteroatoms. The summed E-state index contributed by atoms with van der Waals surface area (Å²) < 4.78 is 4.98. The van der Waals surface area contributed by atoms with Crippen LogP contribution in [0.5, 0.6) is 0 Å². The molecule has 3 rings (SSSR count). The Balaban J connectivity index is 1.48. The second-order valence-corrected chi connectivity index (χ2v) is 9.89. The van der Waals surface area contributed by atoms with Gasteiger partial charge >= 0.3 is 12.0 Å². The molecule has 5 amide bonds.